The Morgan fingerprint density at radius 3 is 2.39 bits per heavy atom. The minimum absolute atomic E-state index is 0.0288. The number of likely N-dealkylation sites (N-methyl/N-ethyl adjacent to an activating group) is 1. The van der Waals surface area contributed by atoms with Crippen molar-refractivity contribution < 1.29 is 44.3 Å². The zero-order chi connectivity index (χ0) is 30.0. The highest BCUT2D eigenvalue weighted by Crippen LogP contribution is 2.53. The van der Waals surface area contributed by atoms with Gasteiger partial charge in [-0.25, -0.2) is 0 Å². The zero-order valence-corrected chi connectivity index (χ0v) is 22.3. The summed E-state index contributed by atoms with van der Waals surface area (Å²) in [7, 11) is 3.06. The monoisotopic (exact) mass is 563 g/mol. The number of primary amides is 1. The van der Waals surface area contributed by atoms with Gasteiger partial charge in [-0.05, 0) is 56.5 Å². The largest absolute Gasteiger partial charge is 0.619 e. The van der Waals surface area contributed by atoms with Crippen LogP contribution in [0.15, 0.2) is 53.6 Å². The molecule has 3 aliphatic carbocycles. The zero-order valence-electron chi connectivity index (χ0n) is 22.3. The quantitative estimate of drug-likeness (QED) is 0.142. The number of aromatic nitrogens is 1. The number of rotatable bonds is 6. The van der Waals surface area contributed by atoms with Gasteiger partial charge in [0.25, 0.3) is 5.91 Å². The Hall–Kier alpha value is -4.55. The van der Waals surface area contributed by atoms with Crippen molar-refractivity contribution in [2.75, 3.05) is 14.1 Å². The van der Waals surface area contributed by atoms with Crippen molar-refractivity contribution >= 4 is 29.0 Å². The molecule has 0 saturated heterocycles. The molecule has 1 amide bonds. The topological polar surface area (TPSA) is 205 Å². The van der Waals surface area contributed by atoms with Crippen molar-refractivity contribution in [3.05, 3.63) is 81.0 Å². The predicted molar refractivity (Wildman–Crippen MR) is 142 cm³/mol. The second-order valence-electron chi connectivity index (χ2n) is 10.9. The third-order valence-electron chi connectivity index (χ3n) is 8.45. The van der Waals surface area contributed by atoms with Gasteiger partial charge in [-0.15, -0.1) is 0 Å². The van der Waals surface area contributed by atoms with Crippen molar-refractivity contribution in [2.45, 2.75) is 37.3 Å². The fraction of sp³-hybridized carbons (Fsp3) is 0.345. The van der Waals surface area contributed by atoms with E-state index in [1.807, 2.05) is 0 Å². The van der Waals surface area contributed by atoms with E-state index in [4.69, 9.17) is 5.73 Å². The number of hydrogen-bond donors (Lipinski definition) is 5. The molecular weight excluding hydrogens is 534 g/mol. The maximum absolute atomic E-state index is 13.9. The van der Waals surface area contributed by atoms with Crippen LogP contribution in [0.1, 0.15) is 39.9 Å². The minimum atomic E-state index is -2.71. The van der Waals surface area contributed by atoms with E-state index in [1.54, 1.807) is 6.07 Å². The van der Waals surface area contributed by atoms with E-state index in [9.17, 15) is 44.8 Å². The Labute approximate surface area is 234 Å². The number of Topliss-reactive ketones (excluding diaryl/α,β-unsaturated/α-hetero) is 3. The van der Waals surface area contributed by atoms with Crippen LogP contribution in [-0.2, 0) is 27.2 Å². The number of aryl methyl sites for hydroxylation is 1. The van der Waals surface area contributed by atoms with Gasteiger partial charge < -0.3 is 31.4 Å². The summed E-state index contributed by atoms with van der Waals surface area (Å²) >= 11 is 0. The summed E-state index contributed by atoms with van der Waals surface area (Å²) in [5.74, 6) is -7.37. The first-order chi connectivity index (χ1) is 19.3. The third-order valence-corrected chi connectivity index (χ3v) is 8.45. The highest BCUT2D eigenvalue weighted by molar-refractivity contribution is 6.24. The molecule has 12 nitrogen and oxygen atoms in total. The summed E-state index contributed by atoms with van der Waals surface area (Å²) in [5.41, 5.74) is 2.99. The number of aromatic hydroxyl groups is 1. The van der Waals surface area contributed by atoms with Crippen LogP contribution >= 0.6 is 0 Å². The molecule has 1 aromatic heterocycles. The fourth-order valence-electron chi connectivity index (χ4n) is 6.53. The number of nitrogens with two attached hydrogens (primary N) is 1. The second-order valence-corrected chi connectivity index (χ2v) is 10.9. The van der Waals surface area contributed by atoms with Crippen molar-refractivity contribution in [2.24, 2.45) is 17.6 Å². The van der Waals surface area contributed by atoms with Gasteiger partial charge >= 0.3 is 0 Å². The molecule has 1 aromatic carbocycles. The highest BCUT2D eigenvalue weighted by Gasteiger charge is 2.64. The van der Waals surface area contributed by atoms with Crippen LogP contribution in [0.5, 0.6) is 5.75 Å². The molecule has 1 saturated carbocycles. The van der Waals surface area contributed by atoms with Gasteiger partial charge in [-0.1, -0.05) is 6.07 Å². The van der Waals surface area contributed by atoms with Crippen molar-refractivity contribution in [1.82, 2.24) is 4.90 Å². The molecule has 41 heavy (non-hydrogen) atoms. The number of nitrogens with zero attached hydrogens (tertiary/aromatic N) is 2. The molecular formula is C29H29N3O9. The van der Waals surface area contributed by atoms with Crippen LogP contribution in [0.4, 0.5) is 0 Å². The molecule has 0 aliphatic heterocycles. The average molecular weight is 564 g/mol. The standard InChI is InChI=1S/C29H29N3O9/c1-31(2)23-17-12-15-11-16-13(3-5-18(33)14-7-9-32(41)10-8-14)4-6-19(34)21(16)24(35)20(15)26(37)29(17,40)27(38)22(25(23)36)28(30)39/h4,6-10,15,17,23,34-35,38,40H,3,5,11-12H2,1-2H3,(H2,30,39)/t15-,17-,23-,29-/m0/s1. The van der Waals surface area contributed by atoms with E-state index in [2.05, 4.69) is 0 Å². The molecule has 1 heterocycles. The lowest BCUT2D eigenvalue weighted by molar-refractivity contribution is -0.605. The lowest BCUT2D eigenvalue weighted by atomic mass is 9.57. The van der Waals surface area contributed by atoms with Gasteiger partial charge in [-0.3, -0.25) is 24.1 Å². The first-order valence-electron chi connectivity index (χ1n) is 13.0. The lowest BCUT2D eigenvalue weighted by Gasteiger charge is -2.50. The average Bonchev–Trinajstić information content (AvgIpc) is 2.90. The number of carbonyl (C=O) groups is 4. The Kier molecular flexibility index (Phi) is 6.71. The molecule has 5 rings (SSSR count). The number of pyridine rings is 1. The number of benzene rings is 1. The van der Waals surface area contributed by atoms with Crippen LogP contribution in [0.2, 0.25) is 0 Å². The summed E-state index contributed by atoms with van der Waals surface area (Å²) < 4.78 is 0.567. The first kappa shape index (κ1) is 28.0. The predicted octanol–water partition coefficient (Wildman–Crippen LogP) is 0.413. The van der Waals surface area contributed by atoms with Crippen LogP contribution in [0.25, 0.3) is 5.76 Å². The Bertz CT molecular complexity index is 1570. The first-order valence-corrected chi connectivity index (χ1v) is 13.0. The van der Waals surface area contributed by atoms with Gasteiger partial charge in [0, 0.05) is 35.6 Å². The molecule has 0 unspecified atom stereocenters. The van der Waals surface area contributed by atoms with Crippen molar-refractivity contribution in [1.29, 1.82) is 0 Å². The smallest absolute Gasteiger partial charge is 0.255 e. The highest BCUT2D eigenvalue weighted by atomic mass is 16.5. The number of carbonyl (C=O) groups excluding carboxylic acids is 4. The van der Waals surface area contributed by atoms with Gasteiger partial charge in [0.15, 0.2) is 29.6 Å². The molecule has 4 atom stereocenters. The number of hydrogen-bond acceptors (Lipinski definition) is 10. The van der Waals surface area contributed by atoms with Gasteiger partial charge in [0.2, 0.25) is 5.78 Å². The number of aliphatic hydroxyl groups excluding tert-OH is 2. The fourth-order valence-corrected chi connectivity index (χ4v) is 6.53. The molecule has 0 radical (unpaired) electrons. The molecule has 2 aromatic rings. The molecule has 6 N–H and O–H groups in total. The van der Waals surface area contributed by atoms with Crippen molar-refractivity contribution in [3.63, 3.8) is 0 Å². The third kappa shape index (κ3) is 4.18. The minimum Gasteiger partial charge on any atom is -0.619 e. The summed E-state index contributed by atoms with van der Waals surface area (Å²) in [6, 6.07) is 4.60. The summed E-state index contributed by atoms with van der Waals surface area (Å²) in [6.45, 7) is 0. The van der Waals surface area contributed by atoms with Crippen LogP contribution < -0.4 is 10.5 Å². The molecule has 3 aliphatic rings. The van der Waals surface area contributed by atoms with Crippen LogP contribution in [-0.4, -0.2) is 74.3 Å². The maximum Gasteiger partial charge on any atom is 0.255 e. The van der Waals surface area contributed by atoms with Crippen LogP contribution in [0, 0.1) is 17.0 Å². The Morgan fingerprint density at radius 2 is 1.78 bits per heavy atom. The summed E-state index contributed by atoms with van der Waals surface area (Å²) in [6.07, 6.45) is 2.84. The Balaban J connectivity index is 1.57. The van der Waals surface area contributed by atoms with E-state index in [0.717, 1.165) is 0 Å². The van der Waals surface area contributed by atoms with E-state index in [0.29, 0.717) is 21.4 Å². The lowest BCUT2D eigenvalue weighted by Crippen LogP contribution is -2.65. The second kappa shape index (κ2) is 9.82. The molecule has 1 fully saturated rings. The number of fused-ring (bicyclic) bond motifs is 3. The molecule has 0 bridgehead atoms. The van der Waals surface area contributed by atoms with E-state index < -0.39 is 58.0 Å². The van der Waals surface area contributed by atoms with E-state index in [1.165, 1.54) is 49.6 Å². The number of aliphatic hydroxyl groups is 3. The number of phenols is 1. The van der Waals surface area contributed by atoms with Gasteiger partial charge in [0.1, 0.15) is 22.8 Å². The molecule has 12 heteroatoms. The maximum atomic E-state index is 13.9. The Morgan fingerprint density at radius 1 is 1.12 bits per heavy atom. The normalized spacial score (nSPS) is 25.6. The molecule has 0 spiro atoms. The number of amides is 1. The van der Waals surface area contributed by atoms with Crippen molar-refractivity contribution in [3.8, 4) is 5.75 Å². The number of phenolic OH excluding ortho intramolecular Hbond substituents is 1. The summed E-state index contributed by atoms with van der Waals surface area (Å²) in [4.78, 5) is 53.3. The summed E-state index contributed by atoms with van der Waals surface area (Å²) in [5, 5.41) is 55.9. The van der Waals surface area contributed by atoms with E-state index >= 15 is 0 Å². The van der Waals surface area contributed by atoms with Gasteiger partial charge in [0.05, 0.1) is 11.6 Å². The number of ketones is 3. The van der Waals surface area contributed by atoms with Crippen LogP contribution in [0.3, 0.4) is 0 Å². The van der Waals surface area contributed by atoms with Gasteiger partial charge in [-0.2, -0.15) is 4.73 Å². The molecule has 214 valence electrons. The van der Waals surface area contributed by atoms with E-state index in [-0.39, 0.29) is 48.4 Å². The SMILES string of the molecule is CN(C)[C@@H]1C(=O)C(C(N)=O)=C(O)[C@@]2(O)C(=O)C3=C(O)c4c(O)ccc(CCC(=O)c5cc[n+]([O-])cc5)c4C[C@H]3C[C@@H]12.